The van der Waals surface area contributed by atoms with Crippen LogP contribution in [0.3, 0.4) is 0 Å². The van der Waals surface area contributed by atoms with Crippen LogP contribution in [0.1, 0.15) is 5.56 Å². The maximum Gasteiger partial charge on any atom is 0.416 e. The van der Waals surface area contributed by atoms with E-state index in [1.165, 1.54) is 0 Å². The van der Waals surface area contributed by atoms with E-state index in [4.69, 9.17) is 0 Å². The third kappa shape index (κ3) is 4.48. The van der Waals surface area contributed by atoms with Crippen molar-refractivity contribution < 1.29 is 32.2 Å². The van der Waals surface area contributed by atoms with Crippen LogP contribution in [0.2, 0.25) is 0 Å². The number of ether oxygens (including phenoxy) is 2. The minimum absolute atomic E-state index is 0.147. The first kappa shape index (κ1) is 16.5. The number of methoxy groups -OCH3 is 2. The van der Waals surface area contributed by atoms with Crippen LogP contribution in [-0.2, 0) is 25.2 Å². The summed E-state index contributed by atoms with van der Waals surface area (Å²) in [4.78, 5) is 22.6. The number of hydrogen-bond donors (Lipinski definition) is 1. The molecule has 0 heterocycles. The summed E-state index contributed by atoms with van der Waals surface area (Å²) in [6.45, 7) is 0. The molecule has 0 saturated carbocycles. The van der Waals surface area contributed by atoms with Crippen molar-refractivity contribution in [3.05, 3.63) is 29.8 Å². The third-order valence-electron chi connectivity index (χ3n) is 2.27. The van der Waals surface area contributed by atoms with Crippen LogP contribution >= 0.6 is 0 Å². The van der Waals surface area contributed by atoms with Gasteiger partial charge in [-0.05, 0) is 24.3 Å². The second-order valence-electron chi connectivity index (χ2n) is 3.63. The van der Waals surface area contributed by atoms with Crippen LogP contribution in [0.5, 0.6) is 0 Å². The van der Waals surface area contributed by atoms with Crippen molar-refractivity contribution in [3.8, 4) is 0 Å². The summed E-state index contributed by atoms with van der Waals surface area (Å²) < 4.78 is 45.8. The number of hydrogen-bond acceptors (Lipinski definition) is 6. The number of rotatable bonds is 4. The fourth-order valence-electron chi connectivity index (χ4n) is 1.22. The molecule has 0 atom stereocenters. The minimum Gasteiger partial charge on any atom is -0.464 e. The van der Waals surface area contributed by atoms with Gasteiger partial charge in [0.15, 0.2) is 0 Å². The van der Waals surface area contributed by atoms with Crippen LogP contribution < -0.4 is 5.43 Å². The highest BCUT2D eigenvalue weighted by molar-refractivity contribution is 6.62. The first-order valence-electron chi connectivity index (χ1n) is 5.47. The van der Waals surface area contributed by atoms with E-state index in [-0.39, 0.29) is 5.69 Å². The molecule has 6 nitrogen and oxygen atoms in total. The van der Waals surface area contributed by atoms with Gasteiger partial charge in [-0.25, -0.2) is 9.59 Å². The van der Waals surface area contributed by atoms with Crippen LogP contribution in [0, 0.1) is 0 Å². The number of alkyl halides is 3. The summed E-state index contributed by atoms with van der Waals surface area (Å²) in [6.07, 6.45) is -4.45. The summed E-state index contributed by atoms with van der Waals surface area (Å²) in [5, 5.41) is 3.46. The topological polar surface area (TPSA) is 77.0 Å². The smallest absolute Gasteiger partial charge is 0.416 e. The van der Waals surface area contributed by atoms with Crippen molar-refractivity contribution >= 4 is 23.3 Å². The summed E-state index contributed by atoms with van der Waals surface area (Å²) in [7, 11) is 2.08. The van der Waals surface area contributed by atoms with Gasteiger partial charge in [0.05, 0.1) is 25.5 Å². The highest BCUT2D eigenvalue weighted by Gasteiger charge is 2.30. The summed E-state index contributed by atoms with van der Waals surface area (Å²) in [5.41, 5.74) is 0.918. The van der Waals surface area contributed by atoms with Crippen LogP contribution in [-0.4, -0.2) is 31.9 Å². The molecule has 21 heavy (non-hydrogen) atoms. The van der Waals surface area contributed by atoms with E-state index < -0.39 is 29.4 Å². The number of anilines is 1. The van der Waals surface area contributed by atoms with Gasteiger partial charge in [0.25, 0.3) is 5.71 Å². The molecule has 0 saturated heterocycles. The maximum atomic E-state index is 12.4. The van der Waals surface area contributed by atoms with Crippen molar-refractivity contribution in [1.82, 2.24) is 0 Å². The lowest BCUT2D eigenvalue weighted by atomic mass is 10.2. The van der Waals surface area contributed by atoms with Gasteiger partial charge < -0.3 is 9.47 Å². The number of carbonyl (C=O) groups excluding carboxylic acids is 2. The number of carbonyl (C=O) groups is 2. The van der Waals surface area contributed by atoms with Crippen molar-refractivity contribution in [2.24, 2.45) is 5.10 Å². The first-order chi connectivity index (χ1) is 9.79. The van der Waals surface area contributed by atoms with Gasteiger partial charge >= 0.3 is 18.1 Å². The largest absolute Gasteiger partial charge is 0.464 e. The lowest BCUT2D eigenvalue weighted by Gasteiger charge is -2.07. The van der Waals surface area contributed by atoms with E-state index >= 15 is 0 Å². The molecule has 1 aromatic rings. The molecule has 1 N–H and O–H groups in total. The third-order valence-corrected chi connectivity index (χ3v) is 2.27. The Morgan fingerprint density at radius 2 is 1.52 bits per heavy atom. The molecule has 1 aromatic carbocycles. The zero-order valence-corrected chi connectivity index (χ0v) is 11.0. The van der Waals surface area contributed by atoms with Gasteiger partial charge in [0, 0.05) is 0 Å². The highest BCUT2D eigenvalue weighted by atomic mass is 19.4. The zero-order chi connectivity index (χ0) is 16.0. The van der Waals surface area contributed by atoms with E-state index in [1.807, 2.05) is 0 Å². The van der Waals surface area contributed by atoms with Crippen LogP contribution in [0.25, 0.3) is 0 Å². The molecule has 9 heteroatoms. The van der Waals surface area contributed by atoms with Crippen molar-refractivity contribution in [1.29, 1.82) is 0 Å². The van der Waals surface area contributed by atoms with Crippen LogP contribution in [0.4, 0.5) is 18.9 Å². The average molecular weight is 304 g/mol. The molecular formula is C12H11F3N2O4. The molecule has 0 amide bonds. The fourth-order valence-corrected chi connectivity index (χ4v) is 1.22. The van der Waals surface area contributed by atoms with Gasteiger partial charge in [-0.15, -0.1) is 0 Å². The average Bonchev–Trinajstić information content (AvgIpc) is 2.46. The predicted octanol–water partition coefficient (Wildman–Crippen LogP) is 1.82. The molecule has 0 spiro atoms. The predicted molar refractivity (Wildman–Crippen MR) is 66.5 cm³/mol. The minimum atomic E-state index is -4.45. The second-order valence-corrected chi connectivity index (χ2v) is 3.63. The van der Waals surface area contributed by atoms with Crippen molar-refractivity contribution in [3.63, 3.8) is 0 Å². The molecule has 0 fully saturated rings. The number of benzene rings is 1. The highest BCUT2D eigenvalue weighted by Crippen LogP contribution is 2.29. The van der Waals surface area contributed by atoms with E-state index in [0.717, 1.165) is 38.5 Å². The lowest BCUT2D eigenvalue weighted by molar-refractivity contribution is -0.139. The van der Waals surface area contributed by atoms with Gasteiger partial charge in [-0.2, -0.15) is 18.3 Å². The number of nitrogens with one attached hydrogen (secondary N) is 1. The Labute approximate surface area is 117 Å². The first-order valence-corrected chi connectivity index (χ1v) is 5.47. The Balaban J connectivity index is 2.91. The second kappa shape index (κ2) is 6.73. The monoisotopic (exact) mass is 304 g/mol. The maximum absolute atomic E-state index is 12.4. The fraction of sp³-hybridized carbons (Fsp3) is 0.250. The number of hydrazone groups is 1. The van der Waals surface area contributed by atoms with Gasteiger partial charge in [0.1, 0.15) is 0 Å². The molecule has 114 valence electrons. The Kier molecular flexibility index (Phi) is 5.28. The Morgan fingerprint density at radius 3 is 1.90 bits per heavy atom. The quantitative estimate of drug-likeness (QED) is 0.397. The summed E-state index contributed by atoms with van der Waals surface area (Å²) in [5.74, 6) is -2.08. The molecule has 0 aliphatic heterocycles. The van der Waals surface area contributed by atoms with E-state index in [1.54, 1.807) is 0 Å². The SMILES string of the molecule is COC(=O)C(=NNc1ccc(C(F)(F)F)cc1)C(=O)OC. The summed E-state index contributed by atoms with van der Waals surface area (Å²) in [6, 6.07) is 3.85. The summed E-state index contributed by atoms with van der Waals surface area (Å²) >= 11 is 0. The van der Waals surface area contributed by atoms with E-state index in [9.17, 15) is 22.8 Å². The molecular weight excluding hydrogens is 293 g/mol. The number of esters is 2. The molecule has 0 unspecified atom stereocenters. The van der Waals surface area contributed by atoms with Gasteiger partial charge in [0.2, 0.25) is 0 Å². The molecule has 0 aliphatic rings. The van der Waals surface area contributed by atoms with Crippen LogP contribution in [0.15, 0.2) is 29.4 Å². The number of nitrogens with zero attached hydrogens (tertiary/aromatic N) is 1. The molecule has 0 bridgehead atoms. The standard InChI is InChI=1S/C12H11F3N2O4/c1-20-10(18)9(11(19)21-2)17-16-8-5-3-7(4-6-8)12(13,14)15/h3-6,16H,1-2H3. The number of halogens is 3. The lowest BCUT2D eigenvalue weighted by Crippen LogP contribution is -2.27. The van der Waals surface area contributed by atoms with E-state index in [0.29, 0.717) is 0 Å². The molecule has 0 radical (unpaired) electrons. The Hall–Kier alpha value is -2.58. The van der Waals surface area contributed by atoms with Gasteiger partial charge in [-0.3, -0.25) is 5.43 Å². The Bertz CT molecular complexity index is 535. The van der Waals surface area contributed by atoms with Crippen molar-refractivity contribution in [2.75, 3.05) is 19.6 Å². The molecule has 0 aliphatic carbocycles. The van der Waals surface area contributed by atoms with Crippen molar-refractivity contribution in [2.45, 2.75) is 6.18 Å². The normalized spacial score (nSPS) is 10.5. The van der Waals surface area contributed by atoms with Gasteiger partial charge in [-0.1, -0.05) is 0 Å². The Morgan fingerprint density at radius 1 is 1.05 bits per heavy atom. The van der Waals surface area contributed by atoms with E-state index in [2.05, 4.69) is 20.0 Å². The molecule has 1 rings (SSSR count). The zero-order valence-electron chi connectivity index (χ0n) is 11.0. The molecule has 0 aromatic heterocycles.